The first-order valence-electron chi connectivity index (χ1n) is 4.28. The van der Waals surface area contributed by atoms with Gasteiger partial charge in [0.15, 0.2) is 4.71 Å². The molecule has 1 aromatic rings. The second-order valence-electron chi connectivity index (χ2n) is 2.59. The van der Waals surface area contributed by atoms with E-state index >= 15 is 0 Å². The Balaban J connectivity index is 0.000000873. The minimum absolute atomic E-state index is 0.0114. The summed E-state index contributed by atoms with van der Waals surface area (Å²) < 4.78 is -0.881. The van der Waals surface area contributed by atoms with E-state index in [0.29, 0.717) is 4.90 Å². The zero-order valence-electron chi connectivity index (χ0n) is 8.69. The maximum atomic E-state index is 10.6. The van der Waals surface area contributed by atoms with Crippen molar-refractivity contribution >= 4 is 69.1 Å². The number of halogens is 4. The van der Waals surface area contributed by atoms with Gasteiger partial charge in [0.05, 0.1) is 10.3 Å². The Labute approximate surface area is 128 Å². The standard InChI is InChI=1S/C8H5Cl2NO3S.CH2Cl2/c9-7(12)8(10)15-6-3-1-5(2-4-6)11(13)14;2-1-3/h1-4,8H;1H2. The summed E-state index contributed by atoms with van der Waals surface area (Å²) in [6.07, 6.45) is 0. The summed E-state index contributed by atoms with van der Waals surface area (Å²) in [7, 11) is 0. The molecule has 0 aliphatic carbocycles. The van der Waals surface area contributed by atoms with Gasteiger partial charge in [-0.05, 0) is 23.7 Å². The molecule has 0 aliphatic heterocycles. The van der Waals surface area contributed by atoms with Crippen LogP contribution in [-0.4, -0.2) is 20.2 Å². The molecule has 0 aliphatic rings. The number of rotatable bonds is 4. The number of benzene rings is 1. The van der Waals surface area contributed by atoms with Crippen LogP contribution in [0, 0.1) is 10.1 Å². The number of alkyl halides is 3. The average molecular weight is 351 g/mol. The molecule has 0 bridgehead atoms. The molecule has 0 spiro atoms. The van der Waals surface area contributed by atoms with Crippen LogP contribution in [0.5, 0.6) is 0 Å². The van der Waals surface area contributed by atoms with E-state index in [1.54, 1.807) is 0 Å². The van der Waals surface area contributed by atoms with Gasteiger partial charge in [0.25, 0.3) is 5.69 Å². The van der Waals surface area contributed by atoms with Crippen LogP contribution in [0.15, 0.2) is 29.2 Å². The molecule has 0 aromatic heterocycles. The van der Waals surface area contributed by atoms with E-state index in [1.807, 2.05) is 0 Å². The van der Waals surface area contributed by atoms with Crippen LogP contribution in [-0.2, 0) is 4.79 Å². The van der Waals surface area contributed by atoms with Gasteiger partial charge < -0.3 is 0 Å². The van der Waals surface area contributed by atoms with Gasteiger partial charge in [-0.1, -0.05) is 11.8 Å². The summed E-state index contributed by atoms with van der Waals surface area (Å²) in [6.45, 7) is 0. The van der Waals surface area contributed by atoms with Gasteiger partial charge in [0, 0.05) is 17.0 Å². The van der Waals surface area contributed by atoms with Crippen molar-refractivity contribution in [3.8, 4) is 0 Å². The monoisotopic (exact) mass is 349 g/mol. The number of carbonyl (C=O) groups is 1. The number of thioether (sulfide) groups is 1. The lowest BCUT2D eigenvalue weighted by Crippen LogP contribution is -2.01. The fourth-order valence-electron chi connectivity index (χ4n) is 0.812. The second kappa shape index (κ2) is 9.69. The number of hydrogen-bond donors (Lipinski definition) is 0. The molecule has 1 unspecified atom stereocenters. The van der Waals surface area contributed by atoms with Gasteiger partial charge in [-0.25, -0.2) is 0 Å². The third kappa shape index (κ3) is 7.28. The lowest BCUT2D eigenvalue weighted by Gasteiger charge is -2.03. The SMILES string of the molecule is ClCCl.O=C(Cl)C(Cl)Sc1ccc([N+](=O)[O-])cc1. The molecule has 1 atom stereocenters. The summed E-state index contributed by atoms with van der Waals surface area (Å²) in [6, 6.07) is 5.70. The molecule has 1 rings (SSSR count). The molecule has 1 aromatic carbocycles. The van der Waals surface area contributed by atoms with Crippen molar-refractivity contribution in [3.63, 3.8) is 0 Å². The second-order valence-corrected chi connectivity index (χ2v) is 5.64. The Morgan fingerprint density at radius 3 is 2.11 bits per heavy atom. The van der Waals surface area contributed by atoms with Crippen LogP contribution >= 0.6 is 58.2 Å². The Bertz CT molecular complexity index is 401. The van der Waals surface area contributed by atoms with E-state index in [0.717, 1.165) is 11.8 Å². The minimum atomic E-state index is -0.881. The molecule has 0 radical (unpaired) electrons. The Morgan fingerprint density at radius 1 is 1.33 bits per heavy atom. The molecule has 9 heteroatoms. The fraction of sp³-hybridized carbons (Fsp3) is 0.222. The smallest absolute Gasteiger partial charge is 0.269 e. The molecule has 100 valence electrons. The highest BCUT2D eigenvalue weighted by atomic mass is 35.5. The third-order valence-corrected chi connectivity index (χ3v) is 3.36. The zero-order valence-corrected chi connectivity index (χ0v) is 12.5. The van der Waals surface area contributed by atoms with Gasteiger partial charge in [-0.2, -0.15) is 0 Å². The van der Waals surface area contributed by atoms with E-state index in [1.165, 1.54) is 24.3 Å². The number of non-ortho nitro benzene ring substituents is 1. The highest BCUT2D eigenvalue weighted by Crippen LogP contribution is 2.28. The van der Waals surface area contributed by atoms with Crippen LogP contribution in [0.2, 0.25) is 0 Å². The maximum absolute atomic E-state index is 10.6. The summed E-state index contributed by atoms with van der Waals surface area (Å²) in [5.41, 5.74) is -0.0114. The predicted molar refractivity (Wildman–Crippen MR) is 76.0 cm³/mol. The van der Waals surface area contributed by atoms with Gasteiger partial charge in [0.1, 0.15) is 0 Å². The largest absolute Gasteiger partial charge is 0.279 e. The van der Waals surface area contributed by atoms with Crippen LogP contribution in [0.3, 0.4) is 0 Å². The van der Waals surface area contributed by atoms with Crippen molar-refractivity contribution in [2.75, 3.05) is 5.34 Å². The van der Waals surface area contributed by atoms with Crippen molar-refractivity contribution in [1.82, 2.24) is 0 Å². The Kier molecular flexibility index (Phi) is 9.59. The van der Waals surface area contributed by atoms with Crippen molar-refractivity contribution in [2.24, 2.45) is 0 Å². The number of nitro groups is 1. The van der Waals surface area contributed by atoms with E-state index in [9.17, 15) is 14.9 Å². The topological polar surface area (TPSA) is 60.2 Å². The van der Waals surface area contributed by atoms with Crippen LogP contribution in [0.25, 0.3) is 0 Å². The van der Waals surface area contributed by atoms with Crippen LogP contribution in [0.1, 0.15) is 0 Å². The predicted octanol–water partition coefficient (Wildman–Crippen LogP) is 4.44. The molecular weight excluding hydrogens is 344 g/mol. The lowest BCUT2D eigenvalue weighted by molar-refractivity contribution is -0.384. The molecule has 0 saturated carbocycles. The molecule has 0 amide bonds. The quantitative estimate of drug-likeness (QED) is 0.265. The molecule has 0 saturated heterocycles. The number of nitro benzene ring substituents is 1. The van der Waals surface area contributed by atoms with Crippen molar-refractivity contribution in [3.05, 3.63) is 34.4 Å². The van der Waals surface area contributed by atoms with E-state index in [4.69, 9.17) is 46.4 Å². The Morgan fingerprint density at radius 2 is 1.78 bits per heavy atom. The molecule has 18 heavy (non-hydrogen) atoms. The van der Waals surface area contributed by atoms with Crippen LogP contribution in [0.4, 0.5) is 5.69 Å². The first-order valence-corrected chi connectivity index (χ1v) is 7.05. The lowest BCUT2D eigenvalue weighted by atomic mass is 10.3. The van der Waals surface area contributed by atoms with Crippen molar-refractivity contribution in [1.29, 1.82) is 0 Å². The summed E-state index contributed by atoms with van der Waals surface area (Å²) in [5, 5.41) is 9.87. The summed E-state index contributed by atoms with van der Waals surface area (Å²) in [5.74, 6) is 0. The molecule has 0 heterocycles. The molecule has 0 fully saturated rings. The van der Waals surface area contributed by atoms with Crippen LogP contribution < -0.4 is 0 Å². The number of nitrogens with zero attached hydrogens (tertiary/aromatic N) is 1. The summed E-state index contributed by atoms with van der Waals surface area (Å²) in [4.78, 5) is 21.1. The summed E-state index contributed by atoms with van der Waals surface area (Å²) >= 11 is 21.3. The van der Waals surface area contributed by atoms with Crippen molar-refractivity contribution in [2.45, 2.75) is 9.60 Å². The molecule has 4 nitrogen and oxygen atoms in total. The molecule has 0 N–H and O–H groups in total. The molecular formula is C9H7Cl4NO3S. The first kappa shape index (κ1) is 17.8. The first-order chi connectivity index (χ1) is 8.42. The highest BCUT2D eigenvalue weighted by molar-refractivity contribution is 8.02. The normalized spacial score (nSPS) is 11.1. The van der Waals surface area contributed by atoms with Gasteiger partial charge in [0.2, 0.25) is 5.24 Å². The van der Waals surface area contributed by atoms with E-state index in [2.05, 4.69) is 0 Å². The Hall–Kier alpha value is -0.200. The van der Waals surface area contributed by atoms with Gasteiger partial charge in [-0.15, -0.1) is 34.8 Å². The van der Waals surface area contributed by atoms with Crippen molar-refractivity contribution < 1.29 is 9.72 Å². The minimum Gasteiger partial charge on any atom is -0.279 e. The van der Waals surface area contributed by atoms with Gasteiger partial charge >= 0.3 is 0 Å². The highest BCUT2D eigenvalue weighted by Gasteiger charge is 2.14. The zero-order chi connectivity index (χ0) is 14.1. The van der Waals surface area contributed by atoms with E-state index < -0.39 is 14.9 Å². The number of hydrogen-bond acceptors (Lipinski definition) is 4. The van der Waals surface area contributed by atoms with Gasteiger partial charge in [-0.3, -0.25) is 14.9 Å². The maximum Gasteiger partial charge on any atom is 0.269 e. The van der Waals surface area contributed by atoms with E-state index in [-0.39, 0.29) is 11.0 Å². The third-order valence-electron chi connectivity index (χ3n) is 1.47. The fourth-order valence-corrected chi connectivity index (χ4v) is 1.88. The number of carbonyl (C=O) groups excluding carboxylic acids is 1. The average Bonchev–Trinajstić information content (AvgIpc) is 2.30.